The number of aliphatic hydroxyl groups is 1. The topological polar surface area (TPSA) is 58.6 Å². The van der Waals surface area contributed by atoms with E-state index in [1.54, 1.807) is 6.92 Å². The molecule has 1 aromatic rings. The van der Waals surface area contributed by atoms with Crippen LogP contribution < -0.4 is 10.1 Å². The monoisotopic (exact) mass is 277 g/mol. The van der Waals surface area contributed by atoms with Crippen LogP contribution in [0, 0.1) is 0 Å². The predicted octanol–water partition coefficient (Wildman–Crippen LogP) is 2.87. The van der Waals surface area contributed by atoms with Gasteiger partial charge in [-0.3, -0.25) is 4.79 Å². The normalized spacial score (nSPS) is 26.4. The molecule has 0 aromatic heterocycles. The third-order valence-electron chi connectivity index (χ3n) is 4.01. The SMILES string of the molecule is CCC1(C)CC(NC(C)=O)c2cc(C(C)O)ccc2O1. The van der Waals surface area contributed by atoms with E-state index in [2.05, 4.69) is 19.2 Å². The van der Waals surface area contributed by atoms with Gasteiger partial charge in [-0.15, -0.1) is 0 Å². The molecule has 4 heteroatoms. The van der Waals surface area contributed by atoms with E-state index in [1.165, 1.54) is 6.92 Å². The standard InChI is InChI=1S/C16H23NO3/c1-5-16(4)9-14(17-11(3)19)13-8-12(10(2)18)6-7-15(13)20-16/h6-8,10,14,18H,5,9H2,1-4H3,(H,17,19). The summed E-state index contributed by atoms with van der Waals surface area (Å²) in [6, 6.07) is 5.62. The fraction of sp³-hybridized carbons (Fsp3) is 0.562. The Morgan fingerprint density at radius 2 is 2.30 bits per heavy atom. The van der Waals surface area contributed by atoms with Crippen molar-refractivity contribution in [3.05, 3.63) is 29.3 Å². The summed E-state index contributed by atoms with van der Waals surface area (Å²) in [4.78, 5) is 11.4. The first-order chi connectivity index (χ1) is 9.34. The van der Waals surface area contributed by atoms with Crippen LogP contribution in [0.15, 0.2) is 18.2 Å². The summed E-state index contributed by atoms with van der Waals surface area (Å²) in [7, 11) is 0. The lowest BCUT2D eigenvalue weighted by Gasteiger charge is -2.40. The van der Waals surface area contributed by atoms with E-state index in [-0.39, 0.29) is 17.6 Å². The van der Waals surface area contributed by atoms with E-state index >= 15 is 0 Å². The van der Waals surface area contributed by atoms with Gasteiger partial charge in [0.05, 0.1) is 12.1 Å². The Labute approximate surface area is 120 Å². The Morgan fingerprint density at radius 1 is 1.60 bits per heavy atom. The Balaban J connectivity index is 2.43. The fourth-order valence-electron chi connectivity index (χ4n) is 2.63. The number of ether oxygens (including phenoxy) is 1. The molecule has 0 spiro atoms. The quantitative estimate of drug-likeness (QED) is 0.893. The molecular formula is C16H23NO3. The van der Waals surface area contributed by atoms with Crippen LogP contribution in [0.1, 0.15) is 63.8 Å². The van der Waals surface area contributed by atoms with Crippen molar-refractivity contribution in [3.8, 4) is 5.75 Å². The molecule has 0 saturated carbocycles. The Bertz CT molecular complexity index is 512. The summed E-state index contributed by atoms with van der Waals surface area (Å²) >= 11 is 0. The summed E-state index contributed by atoms with van der Waals surface area (Å²) in [5.74, 6) is 0.743. The van der Waals surface area contributed by atoms with Crippen molar-refractivity contribution in [2.75, 3.05) is 0 Å². The van der Waals surface area contributed by atoms with Crippen LogP contribution in [0.5, 0.6) is 5.75 Å². The third-order valence-corrected chi connectivity index (χ3v) is 4.01. The highest BCUT2D eigenvalue weighted by molar-refractivity contribution is 5.73. The van der Waals surface area contributed by atoms with Crippen molar-refractivity contribution in [2.45, 2.75) is 58.3 Å². The molecule has 0 bridgehead atoms. The molecule has 4 nitrogen and oxygen atoms in total. The number of aliphatic hydroxyl groups excluding tert-OH is 1. The number of carbonyl (C=O) groups is 1. The molecule has 1 aliphatic heterocycles. The second-order valence-corrected chi connectivity index (χ2v) is 5.84. The van der Waals surface area contributed by atoms with Crippen molar-refractivity contribution in [1.29, 1.82) is 0 Å². The molecule has 2 rings (SSSR count). The summed E-state index contributed by atoms with van der Waals surface area (Å²) in [5, 5.41) is 12.7. The number of carbonyl (C=O) groups excluding carboxylic acids is 1. The van der Waals surface area contributed by atoms with Crippen LogP contribution in [0.3, 0.4) is 0 Å². The minimum Gasteiger partial charge on any atom is -0.487 e. The number of rotatable bonds is 3. The van der Waals surface area contributed by atoms with Gasteiger partial charge in [0.25, 0.3) is 0 Å². The molecule has 1 aliphatic rings. The zero-order valence-electron chi connectivity index (χ0n) is 12.6. The highest BCUT2D eigenvalue weighted by Gasteiger charge is 2.36. The lowest BCUT2D eigenvalue weighted by molar-refractivity contribution is -0.120. The lowest BCUT2D eigenvalue weighted by atomic mass is 9.85. The molecule has 0 saturated heterocycles. The lowest BCUT2D eigenvalue weighted by Crippen LogP contribution is -2.42. The van der Waals surface area contributed by atoms with E-state index in [0.717, 1.165) is 29.7 Å². The van der Waals surface area contributed by atoms with Gasteiger partial charge in [0.2, 0.25) is 5.91 Å². The van der Waals surface area contributed by atoms with Gasteiger partial charge in [-0.05, 0) is 38.0 Å². The Morgan fingerprint density at radius 3 is 2.85 bits per heavy atom. The minimum atomic E-state index is -0.530. The van der Waals surface area contributed by atoms with Crippen LogP contribution in [0.2, 0.25) is 0 Å². The second kappa shape index (κ2) is 5.44. The van der Waals surface area contributed by atoms with Crippen LogP contribution >= 0.6 is 0 Å². The number of hydrogen-bond acceptors (Lipinski definition) is 3. The molecule has 0 fully saturated rings. The largest absolute Gasteiger partial charge is 0.487 e. The van der Waals surface area contributed by atoms with Gasteiger partial charge < -0.3 is 15.2 Å². The molecular weight excluding hydrogens is 254 g/mol. The number of amides is 1. The first-order valence-corrected chi connectivity index (χ1v) is 7.12. The highest BCUT2D eigenvalue weighted by Crippen LogP contribution is 2.41. The van der Waals surface area contributed by atoms with E-state index in [1.807, 2.05) is 18.2 Å². The number of benzene rings is 1. The molecule has 0 aliphatic carbocycles. The van der Waals surface area contributed by atoms with Crippen LogP contribution in [0.4, 0.5) is 0 Å². The average molecular weight is 277 g/mol. The van der Waals surface area contributed by atoms with Crippen molar-refractivity contribution < 1.29 is 14.6 Å². The summed E-state index contributed by atoms with van der Waals surface area (Å²) in [5.41, 5.74) is 1.51. The van der Waals surface area contributed by atoms with E-state index in [9.17, 15) is 9.90 Å². The number of hydrogen-bond donors (Lipinski definition) is 2. The second-order valence-electron chi connectivity index (χ2n) is 5.84. The molecule has 1 aromatic carbocycles. The zero-order chi connectivity index (χ0) is 14.9. The Kier molecular flexibility index (Phi) is 4.04. The van der Waals surface area contributed by atoms with Gasteiger partial charge >= 0.3 is 0 Å². The minimum absolute atomic E-state index is 0.0521. The molecule has 3 unspecified atom stereocenters. The molecule has 0 radical (unpaired) electrons. The number of fused-ring (bicyclic) bond motifs is 1. The Hall–Kier alpha value is -1.55. The number of nitrogens with one attached hydrogen (secondary N) is 1. The molecule has 110 valence electrons. The maximum Gasteiger partial charge on any atom is 0.217 e. The van der Waals surface area contributed by atoms with E-state index in [0.29, 0.717) is 0 Å². The summed E-state index contributed by atoms with van der Waals surface area (Å²) in [6.07, 6.45) is 1.08. The van der Waals surface area contributed by atoms with E-state index in [4.69, 9.17) is 4.74 Å². The van der Waals surface area contributed by atoms with Gasteiger partial charge in [0.1, 0.15) is 11.4 Å². The summed E-state index contributed by atoms with van der Waals surface area (Å²) < 4.78 is 6.08. The van der Waals surface area contributed by atoms with Gasteiger partial charge in [0, 0.05) is 18.9 Å². The van der Waals surface area contributed by atoms with Crippen molar-refractivity contribution in [3.63, 3.8) is 0 Å². The summed E-state index contributed by atoms with van der Waals surface area (Å²) in [6.45, 7) is 7.40. The van der Waals surface area contributed by atoms with Crippen LogP contribution in [-0.2, 0) is 4.79 Å². The van der Waals surface area contributed by atoms with Crippen LogP contribution in [-0.4, -0.2) is 16.6 Å². The first kappa shape index (κ1) is 14.9. The van der Waals surface area contributed by atoms with Crippen molar-refractivity contribution in [2.24, 2.45) is 0 Å². The fourth-order valence-corrected chi connectivity index (χ4v) is 2.63. The van der Waals surface area contributed by atoms with E-state index < -0.39 is 6.10 Å². The maximum absolute atomic E-state index is 11.4. The van der Waals surface area contributed by atoms with Gasteiger partial charge in [-0.25, -0.2) is 0 Å². The van der Waals surface area contributed by atoms with Gasteiger partial charge in [-0.1, -0.05) is 13.0 Å². The van der Waals surface area contributed by atoms with Crippen molar-refractivity contribution in [1.82, 2.24) is 5.32 Å². The highest BCUT2D eigenvalue weighted by atomic mass is 16.5. The maximum atomic E-state index is 11.4. The molecule has 3 atom stereocenters. The molecule has 2 N–H and O–H groups in total. The molecule has 1 amide bonds. The average Bonchev–Trinajstić information content (AvgIpc) is 2.37. The molecule has 1 heterocycles. The first-order valence-electron chi connectivity index (χ1n) is 7.12. The zero-order valence-corrected chi connectivity index (χ0v) is 12.6. The van der Waals surface area contributed by atoms with Gasteiger partial charge in [0.15, 0.2) is 0 Å². The smallest absolute Gasteiger partial charge is 0.217 e. The van der Waals surface area contributed by atoms with Crippen molar-refractivity contribution >= 4 is 5.91 Å². The molecule has 20 heavy (non-hydrogen) atoms. The van der Waals surface area contributed by atoms with Gasteiger partial charge in [-0.2, -0.15) is 0 Å². The predicted molar refractivity (Wildman–Crippen MR) is 77.6 cm³/mol. The third kappa shape index (κ3) is 2.96. The van der Waals surface area contributed by atoms with Crippen LogP contribution in [0.25, 0.3) is 0 Å².